The average molecular weight is 345 g/mol. The topological polar surface area (TPSA) is 47.6 Å². The highest BCUT2D eigenvalue weighted by Crippen LogP contribution is 2.36. The summed E-state index contributed by atoms with van der Waals surface area (Å²) < 4.78 is 10.4. The van der Waals surface area contributed by atoms with Crippen LogP contribution in [-0.2, 0) is 14.3 Å². The first-order chi connectivity index (χ1) is 12.2. The van der Waals surface area contributed by atoms with Gasteiger partial charge in [-0.25, -0.2) is 0 Å². The van der Waals surface area contributed by atoms with E-state index in [1.54, 1.807) is 0 Å². The van der Waals surface area contributed by atoms with E-state index in [1.165, 1.54) is 38.4 Å². The van der Waals surface area contributed by atoms with Crippen molar-refractivity contribution >= 4 is 5.97 Å². The molecule has 1 aliphatic carbocycles. The lowest BCUT2D eigenvalue weighted by atomic mass is 9.78. The highest BCUT2D eigenvalue weighted by molar-refractivity contribution is 5.70. The summed E-state index contributed by atoms with van der Waals surface area (Å²) in [6.07, 6.45) is 7.29. The third-order valence-corrected chi connectivity index (χ3v) is 6.04. The maximum atomic E-state index is 11.8. The van der Waals surface area contributed by atoms with Crippen molar-refractivity contribution in [3.63, 3.8) is 0 Å². The second kappa shape index (κ2) is 8.81. The van der Waals surface area contributed by atoms with E-state index in [9.17, 15) is 4.79 Å². The van der Waals surface area contributed by atoms with Crippen molar-refractivity contribution < 1.29 is 14.3 Å². The summed E-state index contributed by atoms with van der Waals surface area (Å²) in [6, 6.07) is 10.9. The zero-order valence-corrected chi connectivity index (χ0v) is 15.3. The minimum Gasteiger partial charge on any atom is -0.469 e. The molecule has 25 heavy (non-hydrogen) atoms. The van der Waals surface area contributed by atoms with Gasteiger partial charge in [-0.05, 0) is 62.5 Å². The Morgan fingerprint density at radius 1 is 1.16 bits per heavy atom. The van der Waals surface area contributed by atoms with Crippen molar-refractivity contribution in [2.75, 3.05) is 26.9 Å². The average Bonchev–Trinajstić information content (AvgIpc) is 2.68. The number of carbonyl (C=O) groups excluding carboxylic acids is 1. The van der Waals surface area contributed by atoms with Gasteiger partial charge in [-0.1, -0.05) is 30.3 Å². The molecule has 3 rings (SSSR count). The van der Waals surface area contributed by atoms with Gasteiger partial charge in [-0.3, -0.25) is 4.79 Å². The predicted molar refractivity (Wildman–Crippen MR) is 98.6 cm³/mol. The lowest BCUT2D eigenvalue weighted by Crippen LogP contribution is -2.52. The summed E-state index contributed by atoms with van der Waals surface area (Å²) in [6.45, 7) is 2.45. The Morgan fingerprint density at radius 2 is 1.84 bits per heavy atom. The Hall–Kier alpha value is -1.39. The van der Waals surface area contributed by atoms with Crippen LogP contribution in [0, 0.1) is 5.92 Å². The van der Waals surface area contributed by atoms with Crippen LogP contribution in [0.1, 0.15) is 56.4 Å². The van der Waals surface area contributed by atoms with Gasteiger partial charge in [-0.15, -0.1) is 0 Å². The minimum atomic E-state index is -0.137. The molecule has 0 bridgehead atoms. The van der Waals surface area contributed by atoms with E-state index in [0.717, 1.165) is 32.6 Å². The molecule has 2 fully saturated rings. The van der Waals surface area contributed by atoms with Crippen molar-refractivity contribution in [1.29, 1.82) is 0 Å². The summed E-state index contributed by atoms with van der Waals surface area (Å²) in [7, 11) is 1.47. The van der Waals surface area contributed by atoms with Crippen LogP contribution in [-0.4, -0.2) is 38.4 Å². The maximum Gasteiger partial charge on any atom is 0.307 e. The molecular formula is C21H31NO3. The van der Waals surface area contributed by atoms with Crippen LogP contribution in [0.3, 0.4) is 0 Å². The van der Waals surface area contributed by atoms with Crippen LogP contribution in [0.2, 0.25) is 0 Å². The molecule has 0 unspecified atom stereocenters. The molecule has 1 heterocycles. The molecule has 1 aromatic rings. The number of carbonyl (C=O) groups is 1. The number of hydrogen-bond acceptors (Lipinski definition) is 4. The van der Waals surface area contributed by atoms with Crippen molar-refractivity contribution in [3.05, 3.63) is 35.9 Å². The van der Waals surface area contributed by atoms with E-state index >= 15 is 0 Å². The summed E-state index contributed by atoms with van der Waals surface area (Å²) in [5.41, 5.74) is 1.35. The van der Waals surface area contributed by atoms with Gasteiger partial charge in [0.25, 0.3) is 0 Å². The largest absolute Gasteiger partial charge is 0.469 e. The highest BCUT2D eigenvalue weighted by Gasteiger charge is 2.35. The maximum absolute atomic E-state index is 11.8. The molecule has 1 saturated carbocycles. The second-order valence-electron chi connectivity index (χ2n) is 7.65. The van der Waals surface area contributed by atoms with Gasteiger partial charge in [0.1, 0.15) is 0 Å². The van der Waals surface area contributed by atoms with E-state index in [0.29, 0.717) is 18.3 Å². The molecule has 0 radical (unpaired) electrons. The van der Waals surface area contributed by atoms with Crippen molar-refractivity contribution in [3.8, 4) is 0 Å². The quantitative estimate of drug-likeness (QED) is 0.799. The fourth-order valence-corrected chi connectivity index (χ4v) is 4.31. The van der Waals surface area contributed by atoms with Gasteiger partial charge in [0, 0.05) is 18.8 Å². The van der Waals surface area contributed by atoms with E-state index in [4.69, 9.17) is 9.47 Å². The number of esters is 1. The fourth-order valence-electron chi connectivity index (χ4n) is 4.31. The minimum absolute atomic E-state index is 0.123. The molecule has 0 amide bonds. The molecule has 1 aliphatic heterocycles. The van der Waals surface area contributed by atoms with E-state index in [2.05, 4.69) is 35.6 Å². The number of nitrogens with one attached hydrogen (secondary N) is 1. The smallest absolute Gasteiger partial charge is 0.307 e. The fraction of sp³-hybridized carbons (Fsp3) is 0.667. The number of benzene rings is 1. The Balaban J connectivity index is 1.49. The van der Waals surface area contributed by atoms with E-state index < -0.39 is 0 Å². The van der Waals surface area contributed by atoms with E-state index in [-0.39, 0.29) is 11.5 Å². The third-order valence-electron chi connectivity index (χ3n) is 6.04. The van der Waals surface area contributed by atoms with Crippen LogP contribution >= 0.6 is 0 Å². The van der Waals surface area contributed by atoms with Gasteiger partial charge in [0.2, 0.25) is 0 Å². The molecule has 4 heteroatoms. The van der Waals surface area contributed by atoms with Gasteiger partial charge >= 0.3 is 5.97 Å². The first-order valence-electron chi connectivity index (χ1n) is 9.65. The van der Waals surface area contributed by atoms with Gasteiger partial charge in [-0.2, -0.15) is 0 Å². The zero-order chi connectivity index (χ0) is 17.5. The number of hydrogen-bond donors (Lipinski definition) is 1. The van der Waals surface area contributed by atoms with E-state index in [1.807, 2.05) is 0 Å². The summed E-state index contributed by atoms with van der Waals surface area (Å²) >= 11 is 0. The van der Waals surface area contributed by atoms with Crippen LogP contribution in [0.4, 0.5) is 0 Å². The van der Waals surface area contributed by atoms with Crippen LogP contribution in [0.5, 0.6) is 0 Å². The van der Waals surface area contributed by atoms with Crippen LogP contribution in [0.15, 0.2) is 30.3 Å². The van der Waals surface area contributed by atoms with Gasteiger partial charge < -0.3 is 14.8 Å². The summed E-state index contributed by atoms with van der Waals surface area (Å²) in [4.78, 5) is 11.8. The molecule has 1 saturated heterocycles. The Labute approximate surface area is 151 Å². The third kappa shape index (κ3) is 5.05. The molecule has 2 aliphatic rings. The first-order valence-corrected chi connectivity index (χ1v) is 9.65. The monoisotopic (exact) mass is 345 g/mol. The molecule has 1 N–H and O–H groups in total. The lowest BCUT2D eigenvalue weighted by molar-refractivity contribution is -0.143. The molecule has 0 spiro atoms. The van der Waals surface area contributed by atoms with Gasteiger partial charge in [0.15, 0.2) is 0 Å². The molecule has 0 aromatic heterocycles. The van der Waals surface area contributed by atoms with Gasteiger partial charge in [0.05, 0.1) is 13.5 Å². The van der Waals surface area contributed by atoms with Crippen molar-refractivity contribution in [2.24, 2.45) is 5.92 Å². The highest BCUT2D eigenvalue weighted by atomic mass is 16.5. The molecule has 1 aromatic carbocycles. The Kier molecular flexibility index (Phi) is 6.49. The number of methoxy groups -OCH3 is 1. The Bertz CT molecular complexity index is 531. The van der Waals surface area contributed by atoms with Crippen molar-refractivity contribution in [2.45, 2.75) is 56.4 Å². The first kappa shape index (κ1) is 18.4. The molecule has 138 valence electrons. The molecule has 4 nitrogen and oxygen atoms in total. The van der Waals surface area contributed by atoms with Crippen LogP contribution in [0.25, 0.3) is 0 Å². The zero-order valence-electron chi connectivity index (χ0n) is 15.3. The standard InChI is InChI=1S/C21H31NO3/c1-24-20(23)15-21(11-13-25-14-12-21)22-16-17-7-9-19(10-8-17)18-5-3-2-4-6-18/h2-6,17,19,22H,7-16H2,1H3. The normalized spacial score (nSPS) is 26.1. The molecular weight excluding hydrogens is 314 g/mol. The number of ether oxygens (including phenoxy) is 2. The number of rotatable bonds is 6. The SMILES string of the molecule is COC(=O)CC1(NCC2CCC(c3ccccc3)CC2)CCOCC1. The second-order valence-corrected chi connectivity index (χ2v) is 7.65. The van der Waals surface area contributed by atoms with Crippen LogP contribution < -0.4 is 5.32 Å². The van der Waals surface area contributed by atoms with Crippen molar-refractivity contribution in [1.82, 2.24) is 5.32 Å². The summed E-state index contributed by atoms with van der Waals surface area (Å²) in [5, 5.41) is 3.74. The lowest BCUT2D eigenvalue weighted by Gasteiger charge is -2.39. The molecule has 0 atom stereocenters. The summed E-state index contributed by atoms with van der Waals surface area (Å²) in [5.74, 6) is 1.30. The Morgan fingerprint density at radius 3 is 2.48 bits per heavy atom. The predicted octanol–water partition coefficient (Wildman–Crippen LogP) is 3.66.